The predicted molar refractivity (Wildman–Crippen MR) is 141 cm³/mol. The number of hydrogen-bond donors (Lipinski definition) is 2. The fraction of sp³-hybridized carbons (Fsp3) is 0.480. The number of amides is 1. The third-order valence-corrected chi connectivity index (χ3v) is 7.55. The van der Waals surface area contributed by atoms with Gasteiger partial charge in [0.05, 0.1) is 10.9 Å². The van der Waals surface area contributed by atoms with E-state index in [1.807, 2.05) is 20.1 Å². The summed E-state index contributed by atoms with van der Waals surface area (Å²) in [6.45, 7) is 3.67. The van der Waals surface area contributed by atoms with Crippen molar-refractivity contribution in [2.75, 3.05) is 18.3 Å². The third-order valence-electron chi connectivity index (χ3n) is 5.45. The molecule has 11 heteroatoms. The lowest BCUT2D eigenvalue weighted by Crippen LogP contribution is -2.51. The van der Waals surface area contributed by atoms with Crippen molar-refractivity contribution in [2.24, 2.45) is 5.92 Å². The van der Waals surface area contributed by atoms with Crippen LogP contribution in [0.15, 0.2) is 53.4 Å². The van der Waals surface area contributed by atoms with Crippen LogP contribution in [0.4, 0.5) is 13.2 Å². The number of sulfone groups is 1. The van der Waals surface area contributed by atoms with Crippen LogP contribution in [-0.2, 0) is 14.6 Å². The van der Waals surface area contributed by atoms with Crippen molar-refractivity contribution < 1.29 is 26.4 Å². The Morgan fingerprint density at radius 3 is 2.00 bits per heavy atom. The van der Waals surface area contributed by atoms with Crippen LogP contribution in [0.3, 0.4) is 0 Å². The van der Waals surface area contributed by atoms with Crippen LogP contribution < -0.4 is 10.6 Å². The highest BCUT2D eigenvalue weighted by Crippen LogP contribution is 2.35. The van der Waals surface area contributed by atoms with E-state index < -0.39 is 39.5 Å². The van der Waals surface area contributed by atoms with Crippen molar-refractivity contribution >= 4 is 39.1 Å². The largest absolute Gasteiger partial charge is 0.407 e. The van der Waals surface area contributed by atoms with Crippen LogP contribution in [0, 0.1) is 5.92 Å². The third kappa shape index (κ3) is 9.28. The highest BCUT2D eigenvalue weighted by atomic mass is 35.5. The highest BCUT2D eigenvalue weighted by Gasteiger charge is 2.43. The van der Waals surface area contributed by atoms with Crippen LogP contribution in [-0.4, -0.2) is 50.3 Å². The molecular formula is C25H32ClF3N2O3S2. The van der Waals surface area contributed by atoms with Gasteiger partial charge in [0.2, 0.25) is 5.91 Å². The Kier molecular flexibility index (Phi) is 11.1. The van der Waals surface area contributed by atoms with Gasteiger partial charge in [-0.05, 0) is 59.6 Å². The molecule has 0 aromatic heterocycles. The first-order valence-corrected chi connectivity index (χ1v) is 15.1. The molecule has 2 aromatic rings. The van der Waals surface area contributed by atoms with Gasteiger partial charge in [-0.2, -0.15) is 24.9 Å². The second kappa shape index (κ2) is 13.2. The summed E-state index contributed by atoms with van der Waals surface area (Å²) in [5.74, 6) is 0.117. The Bertz CT molecular complexity index is 1090. The lowest BCUT2D eigenvalue weighted by Gasteiger charge is -2.29. The van der Waals surface area contributed by atoms with E-state index in [9.17, 15) is 26.4 Å². The number of alkyl halides is 4. The first-order chi connectivity index (χ1) is 16.7. The summed E-state index contributed by atoms with van der Waals surface area (Å²) in [4.78, 5) is 13.0. The molecular weight excluding hydrogens is 533 g/mol. The zero-order valence-electron chi connectivity index (χ0n) is 20.6. The summed E-state index contributed by atoms with van der Waals surface area (Å²) in [6, 6.07) is 8.77. The molecule has 2 N–H and O–H groups in total. The van der Waals surface area contributed by atoms with Crippen LogP contribution in [0.2, 0.25) is 0 Å². The van der Waals surface area contributed by atoms with E-state index in [0.717, 1.165) is 6.26 Å². The fourth-order valence-corrected chi connectivity index (χ4v) is 5.06. The summed E-state index contributed by atoms with van der Waals surface area (Å²) < 4.78 is 65.6. The standard InChI is InChI=1S/C25H32ClF3N2O3S2/c1-16(2)15-21(24(32)31-22(26)13-14-35-3)30-23(25(27,28)29)19-7-5-17(6-8-19)18-9-11-20(12-10-18)36(4,33)34/h5-12,16,21-23,30H,13-15H2,1-4H3,(H,31,32)/t21-,22-,23-/m0/s1. The molecule has 0 fully saturated rings. The molecule has 1 amide bonds. The van der Waals surface area contributed by atoms with Crippen LogP contribution >= 0.6 is 23.4 Å². The van der Waals surface area contributed by atoms with E-state index in [2.05, 4.69) is 10.6 Å². The summed E-state index contributed by atoms with van der Waals surface area (Å²) in [5, 5.41) is 5.13. The van der Waals surface area contributed by atoms with Gasteiger partial charge in [-0.1, -0.05) is 61.8 Å². The second-order valence-electron chi connectivity index (χ2n) is 9.00. The molecule has 36 heavy (non-hydrogen) atoms. The Hall–Kier alpha value is -1.75. The summed E-state index contributed by atoms with van der Waals surface area (Å²) in [6.07, 6.45) is -0.940. The monoisotopic (exact) mass is 564 g/mol. The van der Waals surface area contributed by atoms with Gasteiger partial charge in [-0.25, -0.2) is 8.42 Å². The maximum absolute atomic E-state index is 14.1. The lowest BCUT2D eigenvalue weighted by atomic mass is 9.97. The first kappa shape index (κ1) is 30.5. The molecule has 0 saturated heterocycles. The van der Waals surface area contributed by atoms with Crippen molar-refractivity contribution in [3.05, 3.63) is 54.1 Å². The number of halogens is 4. The smallest absolute Gasteiger partial charge is 0.339 e. The summed E-state index contributed by atoms with van der Waals surface area (Å²) in [5.41, 5.74) is 0.598. The van der Waals surface area contributed by atoms with Crippen LogP contribution in [0.1, 0.15) is 38.3 Å². The maximum atomic E-state index is 14.1. The van der Waals surface area contributed by atoms with Crippen molar-refractivity contribution in [3.63, 3.8) is 0 Å². The molecule has 0 aliphatic rings. The molecule has 2 aromatic carbocycles. The van der Waals surface area contributed by atoms with Crippen LogP contribution in [0.5, 0.6) is 0 Å². The normalized spacial score (nSPS) is 14.9. The Morgan fingerprint density at radius 1 is 1.03 bits per heavy atom. The minimum Gasteiger partial charge on any atom is -0.339 e. The van der Waals surface area contributed by atoms with Gasteiger partial charge in [-0.15, -0.1) is 0 Å². The van der Waals surface area contributed by atoms with Crippen molar-refractivity contribution in [1.82, 2.24) is 10.6 Å². The number of carbonyl (C=O) groups excluding carboxylic acids is 1. The molecule has 2 rings (SSSR count). The van der Waals surface area contributed by atoms with Crippen molar-refractivity contribution in [2.45, 2.75) is 55.3 Å². The molecule has 0 heterocycles. The van der Waals surface area contributed by atoms with E-state index in [-0.39, 0.29) is 22.8 Å². The number of carbonyl (C=O) groups is 1. The Morgan fingerprint density at radius 2 is 1.56 bits per heavy atom. The van der Waals surface area contributed by atoms with Crippen molar-refractivity contribution in [1.29, 1.82) is 0 Å². The second-order valence-corrected chi connectivity index (χ2v) is 12.5. The number of thioether (sulfide) groups is 1. The quantitative estimate of drug-likeness (QED) is 0.252. The average Bonchev–Trinajstić information content (AvgIpc) is 2.79. The minimum atomic E-state index is -4.65. The van der Waals surface area contributed by atoms with Crippen molar-refractivity contribution in [3.8, 4) is 11.1 Å². The van der Waals surface area contributed by atoms with Gasteiger partial charge < -0.3 is 5.32 Å². The van der Waals surface area contributed by atoms with E-state index in [0.29, 0.717) is 23.3 Å². The number of rotatable bonds is 12. The SMILES string of the molecule is CSCC[C@@H](Cl)NC(=O)[C@H](CC(C)C)N[C@@H](c1ccc(-c2ccc(S(C)(=O)=O)cc2)cc1)C(F)(F)F. The van der Waals surface area contributed by atoms with E-state index in [1.165, 1.54) is 24.3 Å². The molecule has 0 bridgehead atoms. The van der Waals surface area contributed by atoms with E-state index >= 15 is 0 Å². The molecule has 200 valence electrons. The molecule has 3 atom stereocenters. The Balaban J connectivity index is 2.27. The van der Waals surface area contributed by atoms with E-state index in [4.69, 9.17) is 11.6 Å². The zero-order valence-corrected chi connectivity index (χ0v) is 23.0. The average molecular weight is 565 g/mol. The van der Waals surface area contributed by atoms with Gasteiger partial charge in [0, 0.05) is 6.26 Å². The Labute approximate surface area is 220 Å². The molecule has 0 spiro atoms. The van der Waals surface area contributed by atoms with Gasteiger partial charge >= 0.3 is 6.18 Å². The summed E-state index contributed by atoms with van der Waals surface area (Å²) >= 11 is 7.72. The predicted octanol–water partition coefficient (Wildman–Crippen LogP) is 5.80. The van der Waals surface area contributed by atoms with E-state index in [1.54, 1.807) is 36.0 Å². The first-order valence-electron chi connectivity index (χ1n) is 11.4. The zero-order chi connectivity index (χ0) is 27.1. The van der Waals surface area contributed by atoms with Gasteiger partial charge in [0.1, 0.15) is 11.5 Å². The van der Waals surface area contributed by atoms with Gasteiger partial charge in [0.15, 0.2) is 9.84 Å². The van der Waals surface area contributed by atoms with Crippen LogP contribution in [0.25, 0.3) is 11.1 Å². The fourth-order valence-electron chi connectivity index (χ4n) is 3.61. The molecule has 0 radical (unpaired) electrons. The number of nitrogens with one attached hydrogen (secondary N) is 2. The summed E-state index contributed by atoms with van der Waals surface area (Å²) in [7, 11) is -3.35. The molecule has 0 aliphatic carbocycles. The topological polar surface area (TPSA) is 75.3 Å². The lowest BCUT2D eigenvalue weighted by molar-refractivity contribution is -0.161. The minimum absolute atomic E-state index is 0.0283. The maximum Gasteiger partial charge on any atom is 0.407 e. The number of benzene rings is 2. The molecule has 0 saturated carbocycles. The number of hydrogen-bond acceptors (Lipinski definition) is 5. The molecule has 5 nitrogen and oxygen atoms in total. The highest BCUT2D eigenvalue weighted by molar-refractivity contribution is 7.98. The van der Waals surface area contributed by atoms with Gasteiger partial charge in [0.25, 0.3) is 0 Å². The molecule has 0 aliphatic heterocycles. The van der Waals surface area contributed by atoms with Gasteiger partial charge in [-0.3, -0.25) is 10.1 Å². The molecule has 0 unspecified atom stereocenters.